The summed E-state index contributed by atoms with van der Waals surface area (Å²) < 4.78 is 24.2. The van der Waals surface area contributed by atoms with Gasteiger partial charge in [-0.3, -0.25) is 9.69 Å². The van der Waals surface area contributed by atoms with Crippen LogP contribution in [0.4, 0.5) is 4.39 Å². The standard InChI is InChI=1S/C15H20FNO4/c1-20-14-4-2-3-12(16)15(14)13(19)5-6-17-7-8-21-10-11(17)9-18/h2-4,11,18H,5-10H2,1H3. The van der Waals surface area contributed by atoms with Crippen LogP contribution in [-0.2, 0) is 4.74 Å². The van der Waals surface area contributed by atoms with Crippen LogP contribution < -0.4 is 4.74 Å². The van der Waals surface area contributed by atoms with Crippen molar-refractivity contribution in [3.8, 4) is 5.75 Å². The second kappa shape index (κ2) is 7.49. The van der Waals surface area contributed by atoms with Crippen molar-refractivity contribution in [1.29, 1.82) is 0 Å². The quantitative estimate of drug-likeness (QED) is 0.797. The molecule has 1 unspecified atom stereocenters. The number of Topliss-reactive ketones (excluding diaryl/α,β-unsaturated/α-hetero) is 1. The molecule has 0 aromatic heterocycles. The van der Waals surface area contributed by atoms with Crippen LogP contribution in [0.3, 0.4) is 0 Å². The van der Waals surface area contributed by atoms with Crippen LogP contribution in [-0.4, -0.2) is 61.9 Å². The summed E-state index contributed by atoms with van der Waals surface area (Å²) in [6.45, 7) is 2.14. The van der Waals surface area contributed by atoms with Gasteiger partial charge >= 0.3 is 0 Å². The zero-order valence-electron chi connectivity index (χ0n) is 12.0. The van der Waals surface area contributed by atoms with Crippen LogP contribution in [0.15, 0.2) is 18.2 Å². The number of aliphatic hydroxyl groups is 1. The molecule has 0 aliphatic carbocycles. The highest BCUT2D eigenvalue weighted by Crippen LogP contribution is 2.23. The van der Waals surface area contributed by atoms with E-state index in [1.807, 2.05) is 4.90 Å². The Balaban J connectivity index is 2.01. The molecule has 0 spiro atoms. The van der Waals surface area contributed by atoms with Gasteiger partial charge in [-0.05, 0) is 12.1 Å². The van der Waals surface area contributed by atoms with Gasteiger partial charge in [0.05, 0.1) is 38.5 Å². The summed E-state index contributed by atoms with van der Waals surface area (Å²) in [6.07, 6.45) is 0.174. The lowest BCUT2D eigenvalue weighted by Crippen LogP contribution is -2.48. The van der Waals surface area contributed by atoms with Crippen molar-refractivity contribution in [3.05, 3.63) is 29.6 Å². The molecule has 2 rings (SSSR count). The Morgan fingerprint density at radius 3 is 3.10 bits per heavy atom. The molecule has 5 nitrogen and oxygen atoms in total. The van der Waals surface area contributed by atoms with Gasteiger partial charge in [-0.2, -0.15) is 0 Å². The minimum absolute atomic E-state index is 0.00573. The Labute approximate surface area is 123 Å². The van der Waals surface area contributed by atoms with Crippen molar-refractivity contribution in [3.63, 3.8) is 0 Å². The maximum Gasteiger partial charge on any atom is 0.170 e. The summed E-state index contributed by atoms with van der Waals surface area (Å²) in [5.74, 6) is -0.617. The predicted molar refractivity (Wildman–Crippen MR) is 75.2 cm³/mol. The van der Waals surface area contributed by atoms with E-state index >= 15 is 0 Å². The van der Waals surface area contributed by atoms with Gasteiger partial charge in [-0.25, -0.2) is 4.39 Å². The topological polar surface area (TPSA) is 59.0 Å². The van der Waals surface area contributed by atoms with E-state index in [0.717, 1.165) is 0 Å². The third-order valence-electron chi connectivity index (χ3n) is 3.66. The summed E-state index contributed by atoms with van der Waals surface area (Å²) in [5.41, 5.74) is -0.00573. The van der Waals surface area contributed by atoms with Crippen molar-refractivity contribution in [2.45, 2.75) is 12.5 Å². The number of methoxy groups -OCH3 is 1. The molecule has 1 aliphatic heterocycles. The Bertz CT molecular complexity index is 495. The van der Waals surface area contributed by atoms with Gasteiger partial charge in [0.25, 0.3) is 0 Å². The monoisotopic (exact) mass is 297 g/mol. The van der Waals surface area contributed by atoms with Gasteiger partial charge in [0, 0.05) is 19.5 Å². The maximum atomic E-state index is 13.8. The number of aliphatic hydroxyl groups excluding tert-OH is 1. The number of carbonyl (C=O) groups excluding carboxylic acids is 1. The minimum Gasteiger partial charge on any atom is -0.496 e. The number of ketones is 1. The van der Waals surface area contributed by atoms with Crippen molar-refractivity contribution in [1.82, 2.24) is 4.90 Å². The molecule has 1 aliphatic rings. The number of rotatable bonds is 6. The number of halogens is 1. The number of carbonyl (C=O) groups is 1. The van der Waals surface area contributed by atoms with Crippen molar-refractivity contribution < 1.29 is 23.8 Å². The molecule has 1 aromatic carbocycles. The van der Waals surface area contributed by atoms with E-state index < -0.39 is 5.82 Å². The van der Waals surface area contributed by atoms with Gasteiger partial charge in [0.1, 0.15) is 11.6 Å². The van der Waals surface area contributed by atoms with Crippen LogP contribution in [0.25, 0.3) is 0 Å². The van der Waals surface area contributed by atoms with Gasteiger partial charge in [-0.1, -0.05) is 6.07 Å². The largest absolute Gasteiger partial charge is 0.496 e. The van der Waals surface area contributed by atoms with E-state index in [1.54, 1.807) is 6.07 Å². The molecule has 1 aromatic rings. The molecule has 0 radical (unpaired) electrons. The molecule has 1 heterocycles. The molecule has 0 bridgehead atoms. The zero-order chi connectivity index (χ0) is 15.2. The fraction of sp³-hybridized carbons (Fsp3) is 0.533. The summed E-state index contributed by atoms with van der Waals surface area (Å²) >= 11 is 0. The third kappa shape index (κ3) is 3.78. The number of hydrogen-bond donors (Lipinski definition) is 1. The SMILES string of the molecule is COc1cccc(F)c1C(=O)CCN1CCOCC1CO. The highest BCUT2D eigenvalue weighted by molar-refractivity contribution is 5.99. The lowest BCUT2D eigenvalue weighted by molar-refractivity contribution is -0.0270. The normalized spacial score (nSPS) is 19.5. The van der Waals surface area contributed by atoms with Crippen LogP contribution in [0, 0.1) is 5.82 Å². The highest BCUT2D eigenvalue weighted by Gasteiger charge is 2.24. The molecule has 6 heteroatoms. The van der Waals surface area contributed by atoms with E-state index in [0.29, 0.717) is 26.3 Å². The number of nitrogens with zero attached hydrogens (tertiary/aromatic N) is 1. The van der Waals surface area contributed by atoms with Crippen LogP contribution in [0.2, 0.25) is 0 Å². The van der Waals surface area contributed by atoms with E-state index in [-0.39, 0.29) is 36.2 Å². The first kappa shape index (κ1) is 15.9. The van der Waals surface area contributed by atoms with Crippen LogP contribution in [0.1, 0.15) is 16.8 Å². The molecule has 0 amide bonds. The molecule has 1 saturated heterocycles. The number of hydrogen-bond acceptors (Lipinski definition) is 5. The van der Waals surface area contributed by atoms with E-state index in [2.05, 4.69) is 0 Å². The van der Waals surface area contributed by atoms with Crippen molar-refractivity contribution in [2.75, 3.05) is 40.0 Å². The first-order valence-electron chi connectivity index (χ1n) is 6.95. The summed E-state index contributed by atoms with van der Waals surface area (Å²) in [6, 6.07) is 4.23. The van der Waals surface area contributed by atoms with Gasteiger partial charge in [0.2, 0.25) is 0 Å². The lowest BCUT2D eigenvalue weighted by Gasteiger charge is -2.34. The third-order valence-corrected chi connectivity index (χ3v) is 3.66. The van der Waals surface area contributed by atoms with E-state index in [9.17, 15) is 14.3 Å². The summed E-state index contributed by atoms with van der Waals surface area (Å²) in [4.78, 5) is 14.2. The summed E-state index contributed by atoms with van der Waals surface area (Å²) in [7, 11) is 1.41. The smallest absolute Gasteiger partial charge is 0.170 e. The average molecular weight is 297 g/mol. The number of ether oxygens (including phenoxy) is 2. The van der Waals surface area contributed by atoms with Crippen molar-refractivity contribution >= 4 is 5.78 Å². The van der Waals surface area contributed by atoms with E-state index in [1.165, 1.54) is 19.2 Å². The molecule has 1 fully saturated rings. The molecule has 116 valence electrons. The fourth-order valence-electron chi connectivity index (χ4n) is 2.47. The van der Waals surface area contributed by atoms with Gasteiger partial charge in [-0.15, -0.1) is 0 Å². The molecule has 1 N–H and O–H groups in total. The predicted octanol–water partition coefficient (Wildman–Crippen LogP) is 1.10. The minimum atomic E-state index is -0.569. The first-order valence-corrected chi connectivity index (χ1v) is 6.95. The van der Waals surface area contributed by atoms with Crippen LogP contribution in [0.5, 0.6) is 5.75 Å². The molecule has 1 atom stereocenters. The van der Waals surface area contributed by atoms with Crippen molar-refractivity contribution in [2.24, 2.45) is 0 Å². The second-order valence-electron chi connectivity index (χ2n) is 4.94. The Morgan fingerprint density at radius 2 is 2.38 bits per heavy atom. The zero-order valence-corrected chi connectivity index (χ0v) is 12.0. The number of morpholine rings is 1. The van der Waals surface area contributed by atoms with Gasteiger partial charge in [0.15, 0.2) is 5.78 Å². The number of benzene rings is 1. The highest BCUT2D eigenvalue weighted by atomic mass is 19.1. The van der Waals surface area contributed by atoms with Gasteiger partial charge < -0.3 is 14.6 Å². The Hall–Kier alpha value is -1.50. The van der Waals surface area contributed by atoms with E-state index in [4.69, 9.17) is 9.47 Å². The first-order chi connectivity index (χ1) is 10.2. The Morgan fingerprint density at radius 1 is 1.57 bits per heavy atom. The molecular weight excluding hydrogens is 277 g/mol. The Kier molecular flexibility index (Phi) is 5.67. The molecular formula is C15H20FNO4. The maximum absolute atomic E-state index is 13.8. The fourth-order valence-corrected chi connectivity index (χ4v) is 2.47. The molecule has 21 heavy (non-hydrogen) atoms. The average Bonchev–Trinajstić information content (AvgIpc) is 2.52. The van der Waals surface area contributed by atoms with Crippen LogP contribution >= 0.6 is 0 Å². The second-order valence-corrected chi connectivity index (χ2v) is 4.94. The lowest BCUT2D eigenvalue weighted by atomic mass is 10.1. The summed E-state index contributed by atoms with van der Waals surface area (Å²) in [5, 5.41) is 9.28. The molecule has 0 saturated carbocycles.